The molecule has 0 spiro atoms. The Hall–Kier alpha value is -1.50. The Bertz CT molecular complexity index is 715. The van der Waals surface area contributed by atoms with Gasteiger partial charge in [-0.2, -0.15) is 0 Å². The summed E-state index contributed by atoms with van der Waals surface area (Å²) in [7, 11) is 0. The number of aromatic nitrogens is 1. The van der Waals surface area contributed by atoms with Crippen molar-refractivity contribution >= 4 is 29.3 Å². The van der Waals surface area contributed by atoms with E-state index in [1.165, 1.54) is 0 Å². The normalized spacial score (nSPS) is 11.1. The van der Waals surface area contributed by atoms with Crippen LogP contribution >= 0.6 is 23.4 Å². The minimum absolute atomic E-state index is 0.0682. The third-order valence-corrected chi connectivity index (χ3v) is 5.52. The van der Waals surface area contributed by atoms with Crippen LogP contribution in [0.1, 0.15) is 31.7 Å². The molecular formula is C20H28ClN3O2S. The highest BCUT2D eigenvalue weighted by atomic mass is 35.5. The molecule has 7 heteroatoms. The highest BCUT2D eigenvalue weighted by Crippen LogP contribution is 2.25. The molecule has 0 saturated heterocycles. The fraction of sp³-hybridized carbons (Fsp3) is 0.500. The number of nitrogens with one attached hydrogen (secondary N) is 1. The van der Waals surface area contributed by atoms with E-state index in [9.17, 15) is 4.79 Å². The molecule has 0 aliphatic rings. The molecule has 1 aromatic heterocycles. The summed E-state index contributed by atoms with van der Waals surface area (Å²) in [6.45, 7) is 10.1. The zero-order valence-corrected chi connectivity index (χ0v) is 17.8. The van der Waals surface area contributed by atoms with Crippen molar-refractivity contribution in [2.75, 3.05) is 31.9 Å². The van der Waals surface area contributed by atoms with Gasteiger partial charge in [-0.1, -0.05) is 25.4 Å². The lowest BCUT2D eigenvalue weighted by atomic mass is 10.2. The Morgan fingerprint density at radius 2 is 1.96 bits per heavy atom. The number of carbonyl (C=O) groups excluding carboxylic acids is 1. The number of hydrogen-bond donors (Lipinski definition) is 1. The highest BCUT2D eigenvalue weighted by Gasteiger charge is 2.12. The molecule has 1 amide bonds. The summed E-state index contributed by atoms with van der Waals surface area (Å²) in [4.78, 5) is 18.9. The van der Waals surface area contributed by atoms with Gasteiger partial charge in [0.2, 0.25) is 11.8 Å². The Balaban J connectivity index is 1.72. The van der Waals surface area contributed by atoms with Gasteiger partial charge in [-0.25, -0.2) is 4.98 Å². The van der Waals surface area contributed by atoms with Crippen LogP contribution in [0.5, 0.6) is 0 Å². The van der Waals surface area contributed by atoms with Crippen molar-refractivity contribution in [1.29, 1.82) is 0 Å². The van der Waals surface area contributed by atoms with Crippen LogP contribution in [0.25, 0.3) is 11.5 Å². The molecule has 0 aliphatic heterocycles. The van der Waals surface area contributed by atoms with Gasteiger partial charge in [-0.05, 0) is 57.2 Å². The quantitative estimate of drug-likeness (QED) is 0.558. The molecule has 0 atom stereocenters. The van der Waals surface area contributed by atoms with Crippen LogP contribution < -0.4 is 5.32 Å². The van der Waals surface area contributed by atoms with Crippen LogP contribution in [0.3, 0.4) is 0 Å². The topological polar surface area (TPSA) is 58.4 Å². The second kappa shape index (κ2) is 11.4. The van der Waals surface area contributed by atoms with Crippen molar-refractivity contribution in [3.8, 4) is 11.5 Å². The Morgan fingerprint density at radius 3 is 2.63 bits per heavy atom. The average Bonchev–Trinajstić information content (AvgIpc) is 3.03. The summed E-state index contributed by atoms with van der Waals surface area (Å²) in [6.07, 6.45) is 0.977. The molecule has 1 N–H and O–H groups in total. The van der Waals surface area contributed by atoms with Crippen LogP contribution in [-0.4, -0.2) is 47.7 Å². The third kappa shape index (κ3) is 7.20. The Kier molecular flexibility index (Phi) is 9.18. The van der Waals surface area contributed by atoms with Crippen LogP contribution in [0.15, 0.2) is 28.7 Å². The minimum atomic E-state index is 0.0682. The molecule has 0 aliphatic carbocycles. The zero-order valence-electron chi connectivity index (χ0n) is 16.3. The highest BCUT2D eigenvalue weighted by molar-refractivity contribution is 7.99. The molecule has 1 aromatic carbocycles. The number of amides is 1. The number of nitrogens with zero attached hydrogens (tertiary/aromatic N) is 2. The van der Waals surface area contributed by atoms with Gasteiger partial charge in [0.25, 0.3) is 0 Å². The van der Waals surface area contributed by atoms with Crippen LogP contribution in [-0.2, 0) is 10.5 Å². The van der Waals surface area contributed by atoms with Crippen molar-refractivity contribution < 1.29 is 9.21 Å². The van der Waals surface area contributed by atoms with E-state index in [0.717, 1.165) is 49.6 Å². The number of halogens is 1. The van der Waals surface area contributed by atoms with Gasteiger partial charge in [0.15, 0.2) is 0 Å². The maximum absolute atomic E-state index is 12.0. The smallest absolute Gasteiger partial charge is 0.230 e. The summed E-state index contributed by atoms with van der Waals surface area (Å²) >= 11 is 7.46. The molecule has 0 saturated carbocycles. The lowest BCUT2D eigenvalue weighted by Crippen LogP contribution is -2.30. The minimum Gasteiger partial charge on any atom is -0.441 e. The number of aryl methyl sites for hydroxylation is 1. The van der Waals surface area contributed by atoms with Gasteiger partial charge >= 0.3 is 0 Å². The Labute approximate surface area is 170 Å². The van der Waals surface area contributed by atoms with E-state index in [1.54, 1.807) is 11.8 Å². The van der Waals surface area contributed by atoms with E-state index in [0.29, 0.717) is 22.4 Å². The number of hydrogen-bond acceptors (Lipinski definition) is 5. The van der Waals surface area contributed by atoms with E-state index in [-0.39, 0.29) is 5.91 Å². The van der Waals surface area contributed by atoms with Crippen molar-refractivity contribution in [2.45, 2.75) is 32.9 Å². The molecule has 0 unspecified atom stereocenters. The molecule has 0 fully saturated rings. The van der Waals surface area contributed by atoms with E-state index in [4.69, 9.17) is 16.0 Å². The first-order chi connectivity index (χ1) is 13.0. The molecule has 2 rings (SSSR count). The maximum atomic E-state index is 12.0. The summed E-state index contributed by atoms with van der Waals surface area (Å²) in [5, 5.41) is 3.66. The van der Waals surface area contributed by atoms with Gasteiger partial charge < -0.3 is 14.6 Å². The lowest BCUT2D eigenvalue weighted by Gasteiger charge is -2.17. The van der Waals surface area contributed by atoms with Crippen LogP contribution in [0.4, 0.5) is 0 Å². The first-order valence-electron chi connectivity index (χ1n) is 9.32. The fourth-order valence-electron chi connectivity index (χ4n) is 2.64. The second-order valence-electron chi connectivity index (χ2n) is 6.25. The summed E-state index contributed by atoms with van der Waals surface area (Å²) in [5.41, 5.74) is 1.77. The first-order valence-corrected chi connectivity index (χ1v) is 10.9. The largest absolute Gasteiger partial charge is 0.441 e. The standard InChI is InChI=1S/C20H28ClN3O2S/c1-4-24(5-2)12-6-11-22-19(25)14-27-13-18-15(3)26-20(23-18)16-7-9-17(21)10-8-16/h7-10H,4-6,11-14H2,1-3H3,(H,22,25). The van der Waals surface area contributed by atoms with Crippen molar-refractivity contribution in [2.24, 2.45) is 0 Å². The van der Waals surface area contributed by atoms with Gasteiger partial charge in [0.1, 0.15) is 5.76 Å². The van der Waals surface area contributed by atoms with Gasteiger partial charge in [-0.15, -0.1) is 11.8 Å². The predicted octanol–water partition coefficient (Wildman–Crippen LogP) is 4.38. The van der Waals surface area contributed by atoms with Gasteiger partial charge in [-0.3, -0.25) is 4.79 Å². The van der Waals surface area contributed by atoms with E-state index in [1.807, 2.05) is 31.2 Å². The molecule has 5 nitrogen and oxygen atoms in total. The fourth-order valence-corrected chi connectivity index (χ4v) is 3.62. The van der Waals surface area contributed by atoms with Crippen molar-refractivity contribution in [3.63, 3.8) is 0 Å². The molecule has 2 aromatic rings. The molecule has 0 bridgehead atoms. The number of rotatable bonds is 11. The predicted molar refractivity (Wildman–Crippen MR) is 113 cm³/mol. The monoisotopic (exact) mass is 409 g/mol. The third-order valence-electron chi connectivity index (χ3n) is 4.32. The van der Waals surface area contributed by atoms with E-state index in [2.05, 4.69) is 29.0 Å². The average molecular weight is 410 g/mol. The number of benzene rings is 1. The SMILES string of the molecule is CCN(CC)CCCNC(=O)CSCc1nc(-c2ccc(Cl)cc2)oc1C. The van der Waals surface area contributed by atoms with Crippen molar-refractivity contribution in [3.05, 3.63) is 40.7 Å². The first kappa shape index (κ1) is 21.8. The zero-order chi connectivity index (χ0) is 19.6. The van der Waals surface area contributed by atoms with Gasteiger partial charge in [0.05, 0.1) is 11.4 Å². The van der Waals surface area contributed by atoms with Crippen LogP contribution in [0.2, 0.25) is 5.02 Å². The molecule has 148 valence electrons. The Morgan fingerprint density at radius 1 is 1.26 bits per heavy atom. The number of oxazole rings is 1. The van der Waals surface area contributed by atoms with Crippen LogP contribution in [0, 0.1) is 6.92 Å². The summed E-state index contributed by atoms with van der Waals surface area (Å²) in [5.74, 6) is 2.51. The molecule has 0 radical (unpaired) electrons. The van der Waals surface area contributed by atoms with E-state index >= 15 is 0 Å². The van der Waals surface area contributed by atoms with E-state index < -0.39 is 0 Å². The number of thioether (sulfide) groups is 1. The maximum Gasteiger partial charge on any atom is 0.230 e. The summed E-state index contributed by atoms with van der Waals surface area (Å²) in [6, 6.07) is 7.40. The summed E-state index contributed by atoms with van der Waals surface area (Å²) < 4.78 is 5.75. The van der Waals surface area contributed by atoms with Gasteiger partial charge in [0, 0.05) is 22.9 Å². The molecule has 27 heavy (non-hydrogen) atoms. The van der Waals surface area contributed by atoms with Crippen molar-refractivity contribution in [1.82, 2.24) is 15.2 Å². The molecule has 1 heterocycles. The number of carbonyl (C=O) groups is 1. The lowest BCUT2D eigenvalue weighted by molar-refractivity contribution is -0.118. The molecular weight excluding hydrogens is 382 g/mol. The second-order valence-corrected chi connectivity index (χ2v) is 7.67.